The number of carbonyl (C=O) groups excluding carboxylic acids is 2. The molecule has 134 valence electrons. The number of hydrogen-bond donors (Lipinski definition) is 0. The summed E-state index contributed by atoms with van der Waals surface area (Å²) in [6.07, 6.45) is 4.67. The van der Waals surface area contributed by atoms with Crippen LogP contribution in [0.5, 0.6) is 0 Å². The third-order valence-corrected chi connectivity index (χ3v) is 5.47. The smallest absolute Gasteiger partial charge is 0.253 e. The van der Waals surface area contributed by atoms with Crippen LogP contribution in [-0.2, 0) is 12.8 Å². The number of hydrogen-bond acceptors (Lipinski definition) is 2. The Hall–Kier alpha value is -2.62. The molecule has 2 aliphatic rings. The molecule has 0 atom stereocenters. The summed E-state index contributed by atoms with van der Waals surface area (Å²) in [7, 11) is 0. The molecule has 4 nitrogen and oxygen atoms in total. The van der Waals surface area contributed by atoms with E-state index >= 15 is 0 Å². The summed E-state index contributed by atoms with van der Waals surface area (Å²) in [6, 6.07) is 15.5. The van der Waals surface area contributed by atoms with Crippen LogP contribution in [0.25, 0.3) is 0 Å². The first kappa shape index (κ1) is 16.8. The molecule has 0 bridgehead atoms. The SMILES string of the molecule is O=C(c1ccccc1)N1CCN(C(=O)c2ccc3c(c2)CCCC3)CC1. The Bertz CT molecular complexity index is 808. The van der Waals surface area contributed by atoms with Crippen molar-refractivity contribution in [3.8, 4) is 0 Å². The van der Waals surface area contributed by atoms with E-state index in [0.717, 1.165) is 18.4 Å². The van der Waals surface area contributed by atoms with Gasteiger partial charge in [0.05, 0.1) is 0 Å². The van der Waals surface area contributed by atoms with Gasteiger partial charge in [-0.25, -0.2) is 0 Å². The Labute approximate surface area is 154 Å². The minimum Gasteiger partial charge on any atom is -0.335 e. The third kappa shape index (κ3) is 3.36. The molecule has 1 saturated heterocycles. The molecule has 0 spiro atoms. The number of fused-ring (bicyclic) bond motifs is 1. The summed E-state index contributed by atoms with van der Waals surface area (Å²) in [4.78, 5) is 29.1. The molecule has 4 heteroatoms. The first-order chi connectivity index (χ1) is 12.7. The van der Waals surface area contributed by atoms with Crippen LogP contribution >= 0.6 is 0 Å². The van der Waals surface area contributed by atoms with Crippen molar-refractivity contribution in [2.45, 2.75) is 25.7 Å². The van der Waals surface area contributed by atoms with Crippen molar-refractivity contribution in [2.24, 2.45) is 0 Å². The molecule has 0 aromatic heterocycles. The number of amides is 2. The van der Waals surface area contributed by atoms with E-state index in [9.17, 15) is 9.59 Å². The van der Waals surface area contributed by atoms with Gasteiger partial charge < -0.3 is 9.80 Å². The van der Waals surface area contributed by atoms with Gasteiger partial charge in [-0.3, -0.25) is 9.59 Å². The second-order valence-corrected chi connectivity index (χ2v) is 7.14. The molecule has 2 amide bonds. The van der Waals surface area contributed by atoms with Crippen LogP contribution in [0, 0.1) is 0 Å². The maximum atomic E-state index is 12.9. The van der Waals surface area contributed by atoms with Crippen LogP contribution in [0.4, 0.5) is 0 Å². The lowest BCUT2D eigenvalue weighted by molar-refractivity contribution is 0.0535. The minimum atomic E-state index is 0.0477. The van der Waals surface area contributed by atoms with E-state index in [1.165, 1.54) is 24.0 Å². The number of benzene rings is 2. The Morgan fingerprint density at radius 3 is 1.88 bits per heavy atom. The number of piperazine rings is 1. The van der Waals surface area contributed by atoms with Gasteiger partial charge in [0.25, 0.3) is 11.8 Å². The standard InChI is InChI=1S/C22H24N2O2/c25-21(18-7-2-1-3-8-18)23-12-14-24(15-13-23)22(26)20-11-10-17-6-4-5-9-19(17)16-20/h1-3,7-8,10-11,16H,4-6,9,12-15H2. The van der Waals surface area contributed by atoms with Crippen LogP contribution in [0.3, 0.4) is 0 Å². The van der Waals surface area contributed by atoms with Crippen molar-refractivity contribution in [1.82, 2.24) is 9.80 Å². The summed E-state index contributed by atoms with van der Waals surface area (Å²) >= 11 is 0. The summed E-state index contributed by atoms with van der Waals surface area (Å²) in [5.74, 6) is 0.136. The largest absolute Gasteiger partial charge is 0.335 e. The Morgan fingerprint density at radius 2 is 1.23 bits per heavy atom. The molecule has 1 fully saturated rings. The van der Waals surface area contributed by atoms with Gasteiger partial charge in [-0.2, -0.15) is 0 Å². The van der Waals surface area contributed by atoms with Crippen LogP contribution in [-0.4, -0.2) is 47.8 Å². The normalized spacial score (nSPS) is 16.9. The first-order valence-corrected chi connectivity index (χ1v) is 9.48. The van der Waals surface area contributed by atoms with Crippen LogP contribution in [0.1, 0.15) is 44.7 Å². The number of nitrogens with zero attached hydrogens (tertiary/aromatic N) is 2. The maximum Gasteiger partial charge on any atom is 0.253 e. The zero-order valence-electron chi connectivity index (χ0n) is 15.0. The van der Waals surface area contributed by atoms with E-state index < -0.39 is 0 Å². The van der Waals surface area contributed by atoms with E-state index in [4.69, 9.17) is 0 Å². The molecular weight excluding hydrogens is 324 g/mol. The quantitative estimate of drug-likeness (QED) is 0.836. The van der Waals surface area contributed by atoms with Gasteiger partial charge >= 0.3 is 0 Å². The Kier molecular flexibility index (Phi) is 4.74. The van der Waals surface area contributed by atoms with E-state index in [2.05, 4.69) is 12.1 Å². The predicted molar refractivity (Wildman–Crippen MR) is 101 cm³/mol. The van der Waals surface area contributed by atoms with Crippen LogP contribution in [0.15, 0.2) is 48.5 Å². The predicted octanol–water partition coefficient (Wildman–Crippen LogP) is 3.16. The van der Waals surface area contributed by atoms with Gasteiger partial charge in [0.1, 0.15) is 0 Å². The molecule has 0 unspecified atom stereocenters. The van der Waals surface area contributed by atoms with Crippen LogP contribution < -0.4 is 0 Å². The topological polar surface area (TPSA) is 40.6 Å². The van der Waals surface area contributed by atoms with E-state index in [1.54, 1.807) is 0 Å². The lowest BCUT2D eigenvalue weighted by Gasteiger charge is -2.35. The van der Waals surface area contributed by atoms with Gasteiger partial charge in [0.2, 0.25) is 0 Å². The molecular formula is C22H24N2O2. The van der Waals surface area contributed by atoms with Gasteiger partial charge in [0.15, 0.2) is 0 Å². The lowest BCUT2D eigenvalue weighted by Crippen LogP contribution is -2.50. The molecule has 1 aliphatic carbocycles. The highest BCUT2D eigenvalue weighted by Crippen LogP contribution is 2.23. The third-order valence-electron chi connectivity index (χ3n) is 5.47. The molecule has 0 saturated carbocycles. The molecule has 26 heavy (non-hydrogen) atoms. The van der Waals surface area contributed by atoms with E-state index in [-0.39, 0.29) is 11.8 Å². The highest BCUT2D eigenvalue weighted by Gasteiger charge is 2.26. The first-order valence-electron chi connectivity index (χ1n) is 9.48. The molecule has 1 heterocycles. The van der Waals surface area contributed by atoms with E-state index in [1.807, 2.05) is 46.2 Å². The summed E-state index contributed by atoms with van der Waals surface area (Å²) in [5.41, 5.74) is 4.22. The highest BCUT2D eigenvalue weighted by atomic mass is 16.2. The zero-order chi connectivity index (χ0) is 17.9. The molecule has 2 aromatic rings. The Morgan fingerprint density at radius 1 is 0.654 bits per heavy atom. The zero-order valence-corrected chi connectivity index (χ0v) is 15.0. The number of rotatable bonds is 2. The fourth-order valence-corrected chi connectivity index (χ4v) is 3.92. The summed E-state index contributed by atoms with van der Waals surface area (Å²) in [5, 5.41) is 0. The van der Waals surface area contributed by atoms with Gasteiger partial charge in [0, 0.05) is 37.3 Å². The second-order valence-electron chi connectivity index (χ2n) is 7.14. The minimum absolute atomic E-state index is 0.0477. The van der Waals surface area contributed by atoms with Gasteiger partial charge in [-0.05, 0) is 61.1 Å². The molecule has 4 rings (SSSR count). The van der Waals surface area contributed by atoms with E-state index in [0.29, 0.717) is 31.7 Å². The van der Waals surface area contributed by atoms with Crippen molar-refractivity contribution in [3.63, 3.8) is 0 Å². The van der Waals surface area contributed by atoms with Crippen molar-refractivity contribution in [3.05, 3.63) is 70.8 Å². The number of aryl methyl sites for hydroxylation is 2. The fourth-order valence-electron chi connectivity index (χ4n) is 3.92. The summed E-state index contributed by atoms with van der Waals surface area (Å²) < 4.78 is 0. The van der Waals surface area contributed by atoms with Gasteiger partial charge in [-0.1, -0.05) is 24.3 Å². The average molecular weight is 348 g/mol. The Balaban J connectivity index is 1.40. The van der Waals surface area contributed by atoms with Crippen molar-refractivity contribution >= 4 is 11.8 Å². The molecule has 0 N–H and O–H groups in total. The van der Waals surface area contributed by atoms with Gasteiger partial charge in [-0.15, -0.1) is 0 Å². The average Bonchev–Trinajstić information content (AvgIpc) is 2.73. The van der Waals surface area contributed by atoms with Crippen molar-refractivity contribution in [1.29, 1.82) is 0 Å². The second kappa shape index (κ2) is 7.32. The van der Waals surface area contributed by atoms with Crippen LogP contribution in [0.2, 0.25) is 0 Å². The molecule has 0 radical (unpaired) electrons. The number of carbonyl (C=O) groups is 2. The monoisotopic (exact) mass is 348 g/mol. The molecule has 2 aromatic carbocycles. The van der Waals surface area contributed by atoms with Crippen molar-refractivity contribution < 1.29 is 9.59 Å². The fraction of sp³-hybridized carbons (Fsp3) is 0.364. The highest BCUT2D eigenvalue weighted by molar-refractivity contribution is 5.96. The molecule has 1 aliphatic heterocycles. The maximum absolute atomic E-state index is 12.9. The lowest BCUT2D eigenvalue weighted by atomic mass is 9.90. The summed E-state index contributed by atoms with van der Waals surface area (Å²) in [6.45, 7) is 2.36. The van der Waals surface area contributed by atoms with Crippen molar-refractivity contribution in [2.75, 3.05) is 26.2 Å².